The van der Waals surface area contributed by atoms with Gasteiger partial charge in [-0.05, 0) is 18.6 Å². The normalized spacial score (nSPS) is 18.3. The van der Waals surface area contributed by atoms with E-state index in [9.17, 15) is 14.4 Å². The fourth-order valence-electron chi connectivity index (χ4n) is 3.90. The lowest BCUT2D eigenvalue weighted by Crippen LogP contribution is -2.52. The van der Waals surface area contributed by atoms with Gasteiger partial charge in [0, 0.05) is 31.1 Å². The second kappa shape index (κ2) is 7.35. The molecule has 3 aromatic rings. The van der Waals surface area contributed by atoms with Gasteiger partial charge in [0.15, 0.2) is 5.75 Å². The van der Waals surface area contributed by atoms with Crippen LogP contribution in [0, 0.1) is 0 Å². The molecular weight excluding hydrogens is 402 g/mol. The van der Waals surface area contributed by atoms with Gasteiger partial charge < -0.3 is 9.64 Å². The molecule has 11 nitrogen and oxygen atoms in total. The molecule has 0 spiro atoms. The predicted molar refractivity (Wildman–Crippen MR) is 105 cm³/mol. The quantitative estimate of drug-likeness (QED) is 0.589. The van der Waals surface area contributed by atoms with E-state index in [4.69, 9.17) is 4.74 Å². The summed E-state index contributed by atoms with van der Waals surface area (Å²) in [4.78, 5) is 38.2. The first-order valence-electron chi connectivity index (χ1n) is 9.79. The molecule has 0 bridgehead atoms. The average molecular weight is 421 g/mol. The van der Waals surface area contributed by atoms with Crippen molar-refractivity contribution in [2.75, 3.05) is 0 Å². The summed E-state index contributed by atoms with van der Waals surface area (Å²) in [5.74, 6) is -0.348. The lowest BCUT2D eigenvalue weighted by molar-refractivity contribution is -0.136. The third-order valence-corrected chi connectivity index (χ3v) is 5.41. The Labute approximate surface area is 176 Å². The van der Waals surface area contributed by atoms with Crippen molar-refractivity contribution >= 4 is 17.7 Å². The number of ether oxygens (including phenoxy) is 1. The number of carbonyl (C=O) groups excluding carboxylic acids is 3. The van der Waals surface area contributed by atoms with Gasteiger partial charge >= 0.3 is 0 Å². The number of carbonyl (C=O) groups is 3. The number of aromatic nitrogens is 5. The number of nitrogens with one attached hydrogen (secondary N) is 1. The van der Waals surface area contributed by atoms with Gasteiger partial charge in [0.05, 0.1) is 24.3 Å². The molecular formula is C20H19N7O4. The Bertz CT molecular complexity index is 1200. The molecule has 31 heavy (non-hydrogen) atoms. The first-order chi connectivity index (χ1) is 15.0. The van der Waals surface area contributed by atoms with Crippen molar-refractivity contribution in [3.63, 3.8) is 0 Å². The zero-order chi connectivity index (χ0) is 21.5. The SMILES string of the molecule is Cn1cc(OCc2cn(-c3cccc4c3CN(C3CCC(=O)NC3=O)C4=O)nn2)cn1. The molecule has 0 saturated carbocycles. The lowest BCUT2D eigenvalue weighted by Gasteiger charge is -2.29. The van der Waals surface area contributed by atoms with Crippen molar-refractivity contribution in [1.29, 1.82) is 0 Å². The molecule has 1 N–H and O–H groups in total. The van der Waals surface area contributed by atoms with Crippen LogP contribution in [0.3, 0.4) is 0 Å². The van der Waals surface area contributed by atoms with E-state index in [1.165, 1.54) is 4.90 Å². The Morgan fingerprint density at radius 1 is 1.23 bits per heavy atom. The van der Waals surface area contributed by atoms with E-state index in [2.05, 4.69) is 20.7 Å². The molecule has 11 heteroatoms. The molecule has 5 rings (SSSR count). The van der Waals surface area contributed by atoms with E-state index in [0.29, 0.717) is 29.1 Å². The van der Waals surface area contributed by atoms with Crippen LogP contribution in [0.5, 0.6) is 5.75 Å². The minimum Gasteiger partial charge on any atom is -0.484 e. The minimum absolute atomic E-state index is 0.215. The number of hydrogen-bond donors (Lipinski definition) is 1. The van der Waals surface area contributed by atoms with Gasteiger partial charge in [-0.2, -0.15) is 5.10 Å². The van der Waals surface area contributed by atoms with Crippen LogP contribution in [0.2, 0.25) is 0 Å². The van der Waals surface area contributed by atoms with Crippen LogP contribution in [0.25, 0.3) is 5.69 Å². The summed E-state index contributed by atoms with van der Waals surface area (Å²) in [6.07, 6.45) is 5.64. The fraction of sp³-hybridized carbons (Fsp3) is 0.300. The van der Waals surface area contributed by atoms with E-state index in [1.54, 1.807) is 47.1 Å². The van der Waals surface area contributed by atoms with Crippen molar-refractivity contribution in [3.8, 4) is 11.4 Å². The number of aryl methyl sites for hydroxylation is 1. The largest absolute Gasteiger partial charge is 0.484 e. The predicted octanol–water partition coefficient (Wildman–Crippen LogP) is 0.341. The van der Waals surface area contributed by atoms with Crippen LogP contribution >= 0.6 is 0 Å². The molecule has 1 aromatic carbocycles. The maximum atomic E-state index is 13.0. The van der Waals surface area contributed by atoms with Gasteiger partial charge in [-0.15, -0.1) is 5.10 Å². The minimum atomic E-state index is -0.662. The summed E-state index contributed by atoms with van der Waals surface area (Å²) in [7, 11) is 1.80. The van der Waals surface area contributed by atoms with E-state index >= 15 is 0 Å². The van der Waals surface area contributed by atoms with E-state index < -0.39 is 11.9 Å². The highest BCUT2D eigenvalue weighted by Crippen LogP contribution is 2.31. The molecule has 1 unspecified atom stereocenters. The second-order valence-corrected chi connectivity index (χ2v) is 7.50. The zero-order valence-corrected chi connectivity index (χ0v) is 16.7. The summed E-state index contributed by atoms with van der Waals surface area (Å²) < 4.78 is 8.90. The molecule has 4 heterocycles. The Morgan fingerprint density at radius 2 is 2.10 bits per heavy atom. The third kappa shape index (κ3) is 3.43. The fourth-order valence-corrected chi connectivity index (χ4v) is 3.90. The maximum Gasteiger partial charge on any atom is 0.255 e. The van der Waals surface area contributed by atoms with Crippen molar-refractivity contribution < 1.29 is 19.1 Å². The summed E-state index contributed by atoms with van der Waals surface area (Å²) in [5, 5.41) is 14.7. The van der Waals surface area contributed by atoms with Gasteiger partial charge in [-0.3, -0.25) is 24.4 Å². The van der Waals surface area contributed by atoms with Crippen LogP contribution in [0.4, 0.5) is 0 Å². The van der Waals surface area contributed by atoms with E-state index in [0.717, 1.165) is 5.56 Å². The average Bonchev–Trinajstić information content (AvgIpc) is 3.46. The second-order valence-electron chi connectivity index (χ2n) is 7.50. The Kier molecular flexibility index (Phi) is 4.50. The highest BCUT2D eigenvalue weighted by molar-refractivity contribution is 6.05. The first-order valence-corrected chi connectivity index (χ1v) is 9.79. The third-order valence-electron chi connectivity index (χ3n) is 5.41. The highest BCUT2D eigenvalue weighted by Gasteiger charge is 2.40. The van der Waals surface area contributed by atoms with Crippen LogP contribution in [0.15, 0.2) is 36.8 Å². The molecule has 2 aliphatic rings. The van der Waals surface area contributed by atoms with E-state index in [1.807, 2.05) is 6.07 Å². The van der Waals surface area contributed by atoms with Gasteiger partial charge in [-0.1, -0.05) is 11.3 Å². The van der Waals surface area contributed by atoms with Gasteiger partial charge in [0.25, 0.3) is 5.91 Å². The van der Waals surface area contributed by atoms with Crippen LogP contribution in [0.1, 0.15) is 34.5 Å². The zero-order valence-electron chi connectivity index (χ0n) is 16.7. The van der Waals surface area contributed by atoms with Crippen LogP contribution in [-0.4, -0.2) is 53.4 Å². The molecule has 0 radical (unpaired) electrons. The number of imide groups is 1. The van der Waals surface area contributed by atoms with Crippen molar-refractivity contribution in [1.82, 2.24) is 35.0 Å². The van der Waals surface area contributed by atoms with Crippen molar-refractivity contribution in [3.05, 3.63) is 53.6 Å². The molecule has 2 aromatic heterocycles. The smallest absolute Gasteiger partial charge is 0.255 e. The Balaban J connectivity index is 1.36. The number of benzene rings is 1. The molecule has 1 fully saturated rings. The monoisotopic (exact) mass is 421 g/mol. The summed E-state index contributed by atoms with van der Waals surface area (Å²) in [6, 6.07) is 4.69. The lowest BCUT2D eigenvalue weighted by atomic mass is 10.0. The Morgan fingerprint density at radius 3 is 2.87 bits per heavy atom. The molecule has 1 saturated heterocycles. The number of hydrogen-bond acceptors (Lipinski definition) is 7. The number of piperidine rings is 1. The summed E-state index contributed by atoms with van der Waals surface area (Å²) >= 11 is 0. The standard InChI is InChI=1S/C20H19N7O4/c1-25-9-13(7-21-25)31-11-12-8-27(24-23-12)16-4-2-3-14-15(16)10-26(20(14)30)17-5-6-18(28)22-19(17)29/h2-4,7-9,17H,5-6,10-11H2,1H3,(H,22,28,29). The molecule has 158 valence electrons. The molecule has 2 aliphatic heterocycles. The van der Waals surface area contributed by atoms with Gasteiger partial charge in [0.1, 0.15) is 18.3 Å². The number of amides is 3. The topological polar surface area (TPSA) is 124 Å². The van der Waals surface area contributed by atoms with Crippen LogP contribution in [-0.2, 0) is 29.8 Å². The van der Waals surface area contributed by atoms with Crippen molar-refractivity contribution in [2.24, 2.45) is 7.05 Å². The summed E-state index contributed by atoms with van der Waals surface area (Å²) in [6.45, 7) is 0.486. The number of fused-ring (bicyclic) bond motifs is 1. The molecule has 1 atom stereocenters. The maximum absolute atomic E-state index is 13.0. The van der Waals surface area contributed by atoms with Crippen molar-refractivity contribution in [2.45, 2.75) is 32.0 Å². The number of nitrogens with zero attached hydrogens (tertiary/aromatic N) is 6. The highest BCUT2D eigenvalue weighted by atomic mass is 16.5. The van der Waals surface area contributed by atoms with E-state index in [-0.39, 0.29) is 31.4 Å². The van der Waals surface area contributed by atoms with Gasteiger partial charge in [-0.25, -0.2) is 4.68 Å². The molecule has 3 amide bonds. The Hall–Kier alpha value is -4.02. The van der Waals surface area contributed by atoms with Gasteiger partial charge in [0.2, 0.25) is 11.8 Å². The van der Waals surface area contributed by atoms with Crippen LogP contribution < -0.4 is 10.1 Å². The summed E-state index contributed by atoms with van der Waals surface area (Å²) in [5.41, 5.74) is 2.61. The first kappa shape index (κ1) is 19.0. The number of rotatable bonds is 5. The molecule has 0 aliphatic carbocycles.